The van der Waals surface area contributed by atoms with Gasteiger partial charge in [0.05, 0.1) is 36.4 Å². The van der Waals surface area contributed by atoms with Crippen LogP contribution in [0.3, 0.4) is 0 Å². The van der Waals surface area contributed by atoms with Crippen molar-refractivity contribution in [2.45, 2.75) is 20.3 Å². The highest BCUT2D eigenvalue weighted by Gasteiger charge is 2.18. The fourth-order valence-electron chi connectivity index (χ4n) is 4.53. The third-order valence-electron chi connectivity index (χ3n) is 6.78. The lowest BCUT2D eigenvalue weighted by molar-refractivity contribution is -0.136. The Kier molecular flexibility index (Phi) is 10.7. The van der Waals surface area contributed by atoms with Gasteiger partial charge in [0.2, 0.25) is 0 Å². The van der Waals surface area contributed by atoms with Crippen LogP contribution in [-0.2, 0) is 9.59 Å². The molecular formula is C36H34N6O5. The van der Waals surface area contributed by atoms with Gasteiger partial charge in [-0.2, -0.15) is 10.2 Å². The summed E-state index contributed by atoms with van der Waals surface area (Å²) in [6.45, 7) is 5.08. The number of hydrogen-bond donors (Lipinski definition) is 3. The first-order valence-electron chi connectivity index (χ1n) is 15.1. The Morgan fingerprint density at radius 1 is 0.787 bits per heavy atom. The number of benzene rings is 4. The fraction of sp³-hybridized carbons (Fsp3) is 0.139. The average Bonchev–Trinajstić information content (AvgIpc) is 3.53. The van der Waals surface area contributed by atoms with Crippen LogP contribution in [0.2, 0.25) is 0 Å². The summed E-state index contributed by atoms with van der Waals surface area (Å²) < 4.78 is 12.8. The van der Waals surface area contributed by atoms with Gasteiger partial charge in [0.15, 0.2) is 0 Å². The van der Waals surface area contributed by atoms with Crippen LogP contribution in [0.5, 0.6) is 11.5 Å². The Morgan fingerprint density at radius 3 is 2.19 bits per heavy atom. The largest absolute Gasteiger partial charge is 0.494 e. The van der Waals surface area contributed by atoms with E-state index in [0.717, 1.165) is 23.4 Å². The Hall–Kier alpha value is -6.23. The van der Waals surface area contributed by atoms with Crippen molar-refractivity contribution in [3.63, 3.8) is 0 Å². The molecular weight excluding hydrogens is 596 g/mol. The van der Waals surface area contributed by atoms with Gasteiger partial charge in [-0.3, -0.25) is 14.4 Å². The summed E-state index contributed by atoms with van der Waals surface area (Å²) in [4.78, 5) is 38.5. The zero-order valence-electron chi connectivity index (χ0n) is 26.0. The van der Waals surface area contributed by atoms with E-state index in [2.05, 4.69) is 21.2 Å². The molecule has 4 aromatic carbocycles. The zero-order valence-corrected chi connectivity index (χ0v) is 26.0. The molecule has 0 spiro atoms. The molecule has 0 saturated carbocycles. The number of carbonyl (C=O) groups is 3. The van der Waals surface area contributed by atoms with E-state index < -0.39 is 17.7 Å². The first kappa shape index (κ1) is 32.2. The first-order valence-corrected chi connectivity index (χ1v) is 15.1. The standard InChI is InChI=1S/C36H34N6O5/c1-3-22-47-30-18-14-25(15-19-30)33-26(24-42(41-33)28-10-6-5-7-11-28)23-37-40-36(45)35(44)39-32-13-9-8-12-31(32)34(43)38-27-16-20-29(21-17-27)46-4-2/h5-21,23-24H,3-4,22H2,1-2H3,(H,38,43)(H,39,44)(H,40,45)/b37-23-. The molecule has 0 aliphatic heterocycles. The number of hydrogen-bond acceptors (Lipinski definition) is 7. The predicted octanol–water partition coefficient (Wildman–Crippen LogP) is 6.07. The second kappa shape index (κ2) is 15.7. The van der Waals surface area contributed by atoms with E-state index in [0.29, 0.717) is 35.9 Å². The molecule has 0 radical (unpaired) electrons. The highest BCUT2D eigenvalue weighted by Crippen LogP contribution is 2.25. The lowest BCUT2D eigenvalue weighted by atomic mass is 10.1. The number of aromatic nitrogens is 2. The van der Waals surface area contributed by atoms with E-state index in [1.807, 2.05) is 68.4 Å². The van der Waals surface area contributed by atoms with Crippen molar-refractivity contribution in [1.82, 2.24) is 15.2 Å². The third kappa shape index (κ3) is 8.49. The number of amides is 3. The van der Waals surface area contributed by atoms with E-state index in [1.54, 1.807) is 53.3 Å². The molecule has 3 amide bonds. The molecule has 11 nitrogen and oxygen atoms in total. The molecule has 0 bridgehead atoms. The number of para-hydroxylation sites is 2. The molecule has 0 fully saturated rings. The minimum Gasteiger partial charge on any atom is -0.494 e. The average molecular weight is 631 g/mol. The molecule has 0 unspecified atom stereocenters. The molecule has 11 heteroatoms. The lowest BCUT2D eigenvalue weighted by Gasteiger charge is -2.11. The van der Waals surface area contributed by atoms with Gasteiger partial charge in [-0.1, -0.05) is 37.3 Å². The summed E-state index contributed by atoms with van der Waals surface area (Å²) in [6, 6.07) is 30.4. The van der Waals surface area contributed by atoms with E-state index in [1.165, 1.54) is 12.3 Å². The number of anilines is 2. The Labute approximate surface area is 272 Å². The SMILES string of the molecule is CCCOc1ccc(-c2nn(-c3ccccc3)cc2/C=N\NC(=O)C(=O)Nc2ccccc2C(=O)Nc2ccc(OCC)cc2)cc1. The van der Waals surface area contributed by atoms with E-state index in [4.69, 9.17) is 14.6 Å². The summed E-state index contributed by atoms with van der Waals surface area (Å²) in [5.74, 6) is -1.04. The predicted molar refractivity (Wildman–Crippen MR) is 181 cm³/mol. The molecule has 1 aromatic heterocycles. The van der Waals surface area contributed by atoms with Crippen LogP contribution in [0, 0.1) is 0 Å². The number of carbonyl (C=O) groups excluding carboxylic acids is 3. The monoisotopic (exact) mass is 630 g/mol. The second-order valence-electron chi connectivity index (χ2n) is 10.2. The van der Waals surface area contributed by atoms with Gasteiger partial charge in [-0.15, -0.1) is 0 Å². The van der Waals surface area contributed by atoms with Gasteiger partial charge < -0.3 is 20.1 Å². The molecule has 0 atom stereocenters. The normalized spacial score (nSPS) is 10.8. The van der Waals surface area contributed by atoms with Crippen LogP contribution in [0.25, 0.3) is 16.9 Å². The molecule has 0 aliphatic rings. The molecule has 238 valence electrons. The molecule has 1 heterocycles. The molecule has 5 rings (SSSR count). The maximum absolute atomic E-state index is 13.0. The molecule has 3 N–H and O–H groups in total. The van der Waals surface area contributed by atoms with Gasteiger partial charge in [0, 0.05) is 23.0 Å². The van der Waals surface area contributed by atoms with Crippen LogP contribution in [0.4, 0.5) is 11.4 Å². The molecule has 47 heavy (non-hydrogen) atoms. The summed E-state index contributed by atoms with van der Waals surface area (Å²) in [6.07, 6.45) is 4.11. The van der Waals surface area contributed by atoms with Crippen LogP contribution < -0.4 is 25.5 Å². The van der Waals surface area contributed by atoms with Gasteiger partial charge in [-0.05, 0) is 86.1 Å². The number of nitrogens with zero attached hydrogens (tertiary/aromatic N) is 3. The molecule has 0 aliphatic carbocycles. The van der Waals surface area contributed by atoms with Crippen molar-refractivity contribution < 1.29 is 23.9 Å². The van der Waals surface area contributed by atoms with Gasteiger partial charge in [-0.25, -0.2) is 10.1 Å². The van der Waals surface area contributed by atoms with Crippen LogP contribution in [0.15, 0.2) is 114 Å². The topological polar surface area (TPSA) is 136 Å². The maximum Gasteiger partial charge on any atom is 0.329 e. The summed E-state index contributed by atoms with van der Waals surface area (Å²) in [5.41, 5.74) is 6.02. The maximum atomic E-state index is 13.0. The van der Waals surface area contributed by atoms with Gasteiger partial charge >= 0.3 is 11.8 Å². The highest BCUT2D eigenvalue weighted by molar-refractivity contribution is 6.40. The van der Waals surface area contributed by atoms with E-state index in [9.17, 15) is 14.4 Å². The quantitative estimate of drug-likeness (QED) is 0.0870. The van der Waals surface area contributed by atoms with E-state index in [-0.39, 0.29) is 11.3 Å². The van der Waals surface area contributed by atoms with Crippen molar-refractivity contribution in [3.8, 4) is 28.4 Å². The summed E-state index contributed by atoms with van der Waals surface area (Å²) >= 11 is 0. The molecule has 0 saturated heterocycles. The number of hydrazone groups is 1. The highest BCUT2D eigenvalue weighted by atomic mass is 16.5. The second-order valence-corrected chi connectivity index (χ2v) is 10.2. The minimum absolute atomic E-state index is 0.165. The van der Waals surface area contributed by atoms with Crippen molar-refractivity contribution in [1.29, 1.82) is 0 Å². The Morgan fingerprint density at radius 2 is 1.47 bits per heavy atom. The Bertz CT molecular complexity index is 1850. The van der Waals surface area contributed by atoms with E-state index >= 15 is 0 Å². The summed E-state index contributed by atoms with van der Waals surface area (Å²) in [7, 11) is 0. The summed E-state index contributed by atoms with van der Waals surface area (Å²) in [5, 5.41) is 14.1. The zero-order chi connectivity index (χ0) is 33.0. The smallest absolute Gasteiger partial charge is 0.329 e. The minimum atomic E-state index is -1.02. The Balaban J connectivity index is 1.27. The fourth-order valence-corrected chi connectivity index (χ4v) is 4.53. The number of rotatable bonds is 12. The molecule has 5 aromatic rings. The van der Waals surface area contributed by atoms with Crippen LogP contribution in [-0.4, -0.2) is 46.9 Å². The lowest BCUT2D eigenvalue weighted by Crippen LogP contribution is -2.33. The van der Waals surface area contributed by atoms with Crippen LogP contribution >= 0.6 is 0 Å². The van der Waals surface area contributed by atoms with Gasteiger partial charge in [0.1, 0.15) is 17.2 Å². The van der Waals surface area contributed by atoms with Crippen molar-refractivity contribution in [3.05, 3.63) is 120 Å². The van der Waals surface area contributed by atoms with Crippen LogP contribution in [0.1, 0.15) is 36.2 Å². The number of ether oxygens (including phenoxy) is 2. The first-order chi connectivity index (χ1) is 22.9. The van der Waals surface area contributed by atoms with Crippen molar-refractivity contribution in [2.75, 3.05) is 23.8 Å². The number of nitrogens with one attached hydrogen (secondary N) is 3. The van der Waals surface area contributed by atoms with Gasteiger partial charge in [0.25, 0.3) is 5.91 Å². The van der Waals surface area contributed by atoms with Crippen molar-refractivity contribution in [2.24, 2.45) is 5.10 Å². The third-order valence-corrected chi connectivity index (χ3v) is 6.78. The van der Waals surface area contributed by atoms with Crippen molar-refractivity contribution >= 4 is 35.3 Å².